The Morgan fingerprint density at radius 1 is 0.905 bits per heavy atom. The Bertz CT molecular complexity index is 1620. The monoisotopic (exact) mass is 563 g/mol. The highest BCUT2D eigenvalue weighted by Gasteiger charge is 2.72. The van der Waals surface area contributed by atoms with E-state index < -0.39 is 35.6 Å². The van der Waals surface area contributed by atoms with Crippen molar-refractivity contribution in [3.05, 3.63) is 103 Å². The summed E-state index contributed by atoms with van der Waals surface area (Å²) in [4.78, 5) is 47.8. The van der Waals surface area contributed by atoms with E-state index in [9.17, 15) is 19.5 Å². The lowest BCUT2D eigenvalue weighted by Gasteiger charge is -2.38. The smallest absolute Gasteiger partial charge is 0.253 e. The van der Waals surface area contributed by atoms with Gasteiger partial charge in [-0.2, -0.15) is 0 Å². The second-order valence-electron chi connectivity index (χ2n) is 11.6. The molecular weight excluding hydrogens is 530 g/mol. The molecule has 3 aromatic carbocycles. The standard InChI is InChI=1S/C34H33N3O5/c1-35-17-7-13-27-28(31(35)39)29-32(40)37(26(21-38)19-22-9-3-2-4-10-22)30-33(41)36(18-8-16-34(29,30)42-27)25-15-14-23-11-5-6-12-24(23)20-25/h2-16,20,26-30,38H,17-19,21H2,1H3/t26-,27+,28-,29+,30?,34+/m1/s1. The van der Waals surface area contributed by atoms with Crippen LogP contribution in [0.15, 0.2) is 97.1 Å². The van der Waals surface area contributed by atoms with Crippen LogP contribution in [0.1, 0.15) is 5.56 Å². The molecule has 0 saturated carbocycles. The number of hydrogen-bond acceptors (Lipinski definition) is 5. The van der Waals surface area contributed by atoms with Crippen molar-refractivity contribution in [3.8, 4) is 0 Å². The second-order valence-corrected chi connectivity index (χ2v) is 11.6. The quantitative estimate of drug-likeness (QED) is 0.483. The topological polar surface area (TPSA) is 90.4 Å². The Morgan fingerprint density at radius 2 is 1.67 bits per heavy atom. The summed E-state index contributed by atoms with van der Waals surface area (Å²) in [7, 11) is 1.72. The van der Waals surface area contributed by atoms with Crippen molar-refractivity contribution in [1.82, 2.24) is 9.80 Å². The SMILES string of the molecule is CN1CC=C[C@@H]2O[C@]34C=CCN(c5ccc6ccccc6c5)C(=O)C3N([C@@H](CO)Cc3ccccc3)C(=O)[C@@H]4[C@@H]2C1=O. The van der Waals surface area contributed by atoms with Crippen LogP contribution in [0.3, 0.4) is 0 Å². The second kappa shape index (κ2) is 10.2. The average molecular weight is 564 g/mol. The molecule has 0 bridgehead atoms. The highest BCUT2D eigenvalue weighted by molar-refractivity contribution is 6.06. The molecule has 1 spiro atoms. The molecule has 8 nitrogen and oxygen atoms in total. The fourth-order valence-corrected chi connectivity index (χ4v) is 7.31. The van der Waals surface area contributed by atoms with Crippen LogP contribution in [0, 0.1) is 11.8 Å². The predicted molar refractivity (Wildman–Crippen MR) is 158 cm³/mol. The molecule has 8 heteroatoms. The zero-order chi connectivity index (χ0) is 29.0. The van der Waals surface area contributed by atoms with Gasteiger partial charge in [-0.3, -0.25) is 14.4 Å². The average Bonchev–Trinajstić information content (AvgIpc) is 3.34. The molecule has 7 rings (SSSR count). The number of benzene rings is 3. The van der Waals surface area contributed by atoms with Crippen molar-refractivity contribution in [2.24, 2.45) is 11.8 Å². The third-order valence-electron chi connectivity index (χ3n) is 9.26. The van der Waals surface area contributed by atoms with Crippen molar-refractivity contribution in [3.63, 3.8) is 0 Å². The summed E-state index contributed by atoms with van der Waals surface area (Å²) in [6.45, 7) is 0.373. The number of fused-ring (bicyclic) bond motifs is 3. The molecule has 4 aliphatic heterocycles. The zero-order valence-corrected chi connectivity index (χ0v) is 23.4. The number of hydrogen-bond donors (Lipinski definition) is 1. The van der Waals surface area contributed by atoms with Crippen LogP contribution >= 0.6 is 0 Å². The molecule has 1 unspecified atom stereocenters. The molecular formula is C34H33N3O5. The summed E-state index contributed by atoms with van der Waals surface area (Å²) in [6.07, 6.45) is 7.18. The number of aliphatic hydroxyl groups is 1. The fourth-order valence-electron chi connectivity index (χ4n) is 7.31. The first-order chi connectivity index (χ1) is 20.4. The van der Waals surface area contributed by atoms with E-state index >= 15 is 0 Å². The summed E-state index contributed by atoms with van der Waals surface area (Å²) < 4.78 is 6.72. The Kier molecular flexibility index (Phi) is 6.48. The van der Waals surface area contributed by atoms with E-state index in [-0.39, 0.29) is 30.9 Å². The number of amides is 3. The third kappa shape index (κ3) is 4.01. The number of rotatable bonds is 5. The number of aliphatic hydroxyl groups excluding tert-OH is 1. The first-order valence-corrected chi connectivity index (χ1v) is 14.5. The van der Waals surface area contributed by atoms with Gasteiger partial charge in [0.25, 0.3) is 5.91 Å². The maximum absolute atomic E-state index is 14.8. The van der Waals surface area contributed by atoms with Crippen molar-refractivity contribution in [2.45, 2.75) is 30.2 Å². The number of anilines is 1. The van der Waals surface area contributed by atoms with Gasteiger partial charge in [0.2, 0.25) is 11.8 Å². The van der Waals surface area contributed by atoms with Gasteiger partial charge in [0.15, 0.2) is 0 Å². The maximum Gasteiger partial charge on any atom is 0.253 e. The van der Waals surface area contributed by atoms with Gasteiger partial charge in [-0.15, -0.1) is 0 Å². The lowest BCUT2D eigenvalue weighted by molar-refractivity contribution is -0.146. The first kappa shape index (κ1) is 26.6. The number of carbonyl (C=O) groups excluding carboxylic acids is 3. The molecule has 0 radical (unpaired) electrons. The number of ether oxygens (including phenoxy) is 1. The van der Waals surface area contributed by atoms with E-state index in [1.54, 1.807) is 16.8 Å². The van der Waals surface area contributed by atoms with Gasteiger partial charge < -0.3 is 24.5 Å². The Morgan fingerprint density at radius 3 is 2.45 bits per heavy atom. The lowest BCUT2D eigenvalue weighted by atomic mass is 9.77. The van der Waals surface area contributed by atoms with E-state index in [1.807, 2.05) is 97.1 Å². The van der Waals surface area contributed by atoms with Crippen LogP contribution in [0.5, 0.6) is 0 Å². The van der Waals surface area contributed by atoms with Gasteiger partial charge in [-0.1, -0.05) is 85.0 Å². The lowest BCUT2D eigenvalue weighted by Crippen LogP contribution is -2.58. The number of likely N-dealkylation sites (tertiary alicyclic amines) is 1. The van der Waals surface area contributed by atoms with Crippen LogP contribution in [0.2, 0.25) is 0 Å². The molecule has 42 heavy (non-hydrogen) atoms. The van der Waals surface area contributed by atoms with Crippen LogP contribution in [-0.2, 0) is 25.5 Å². The molecule has 4 heterocycles. The molecule has 2 fully saturated rings. The van der Waals surface area contributed by atoms with Crippen LogP contribution in [0.4, 0.5) is 5.69 Å². The van der Waals surface area contributed by atoms with Gasteiger partial charge in [0.05, 0.1) is 30.6 Å². The van der Waals surface area contributed by atoms with Crippen molar-refractivity contribution in [2.75, 3.05) is 31.6 Å². The van der Waals surface area contributed by atoms with Gasteiger partial charge >= 0.3 is 0 Å². The molecule has 3 amide bonds. The predicted octanol–water partition coefficient (Wildman–Crippen LogP) is 2.96. The summed E-state index contributed by atoms with van der Waals surface area (Å²) in [5.41, 5.74) is 0.297. The molecule has 0 aliphatic carbocycles. The van der Waals surface area contributed by atoms with Crippen LogP contribution in [-0.4, -0.2) is 83.2 Å². The Hall–Kier alpha value is -4.27. The van der Waals surface area contributed by atoms with Crippen LogP contribution in [0.25, 0.3) is 10.8 Å². The summed E-state index contributed by atoms with van der Waals surface area (Å²) in [5, 5.41) is 12.7. The third-order valence-corrected chi connectivity index (χ3v) is 9.26. The van der Waals surface area contributed by atoms with E-state index in [2.05, 4.69) is 0 Å². The van der Waals surface area contributed by atoms with E-state index in [4.69, 9.17) is 4.74 Å². The molecule has 3 aromatic rings. The molecule has 0 aromatic heterocycles. The normalized spacial score (nSPS) is 29.4. The van der Waals surface area contributed by atoms with Gasteiger partial charge in [-0.05, 0) is 34.9 Å². The van der Waals surface area contributed by atoms with E-state index in [0.717, 1.165) is 16.3 Å². The summed E-state index contributed by atoms with van der Waals surface area (Å²) in [6, 6.07) is 21.7. The molecule has 4 aliphatic rings. The van der Waals surface area contributed by atoms with Gasteiger partial charge in [-0.25, -0.2) is 0 Å². The van der Waals surface area contributed by atoms with Crippen molar-refractivity contribution >= 4 is 34.2 Å². The zero-order valence-electron chi connectivity index (χ0n) is 23.4. The number of likely N-dealkylation sites (N-methyl/N-ethyl adjacent to an activating group) is 1. The van der Waals surface area contributed by atoms with E-state index in [0.29, 0.717) is 18.7 Å². The highest BCUT2D eigenvalue weighted by Crippen LogP contribution is 2.54. The van der Waals surface area contributed by atoms with Crippen molar-refractivity contribution in [1.29, 1.82) is 0 Å². The Labute approximate surface area is 244 Å². The van der Waals surface area contributed by atoms with Gasteiger partial charge in [0.1, 0.15) is 11.6 Å². The summed E-state index contributed by atoms with van der Waals surface area (Å²) in [5.74, 6) is -2.47. The van der Waals surface area contributed by atoms with E-state index in [1.165, 1.54) is 4.90 Å². The minimum absolute atomic E-state index is 0.180. The Balaban J connectivity index is 1.35. The van der Waals surface area contributed by atoms with Gasteiger partial charge in [0, 0.05) is 25.8 Å². The minimum atomic E-state index is -1.35. The molecule has 1 N–H and O–H groups in total. The van der Waals surface area contributed by atoms with Crippen molar-refractivity contribution < 1.29 is 24.2 Å². The molecule has 6 atom stereocenters. The first-order valence-electron chi connectivity index (χ1n) is 14.5. The number of carbonyl (C=O) groups is 3. The fraction of sp³-hybridized carbons (Fsp3) is 0.324. The largest absolute Gasteiger partial charge is 0.394 e. The maximum atomic E-state index is 14.8. The molecule has 2 saturated heterocycles. The molecule has 214 valence electrons. The van der Waals surface area contributed by atoms with Crippen LogP contribution < -0.4 is 4.90 Å². The highest BCUT2D eigenvalue weighted by atomic mass is 16.5. The minimum Gasteiger partial charge on any atom is -0.394 e. The number of nitrogens with zero attached hydrogens (tertiary/aromatic N) is 3. The summed E-state index contributed by atoms with van der Waals surface area (Å²) >= 11 is 0.